The van der Waals surface area contributed by atoms with Gasteiger partial charge in [0.25, 0.3) is 5.91 Å². The lowest BCUT2D eigenvalue weighted by atomic mass is 10.2. The number of hydrogen-bond donors (Lipinski definition) is 1. The maximum Gasteiger partial charge on any atom is 0.261 e. The minimum atomic E-state index is -0.786. The summed E-state index contributed by atoms with van der Waals surface area (Å²) in [6.07, 6.45) is 2.87. The minimum absolute atomic E-state index is 0.0889. The zero-order valence-corrected chi connectivity index (χ0v) is 10.1. The Balaban J connectivity index is 2.22. The lowest BCUT2D eigenvalue weighted by molar-refractivity contribution is 0.102. The fourth-order valence-electron chi connectivity index (χ4n) is 1.56. The summed E-state index contributed by atoms with van der Waals surface area (Å²) in [6.45, 7) is 3.88. The number of rotatable bonds is 3. The van der Waals surface area contributed by atoms with Gasteiger partial charge >= 0.3 is 0 Å². The molecule has 2 heterocycles. The molecule has 0 aliphatic heterocycles. The Morgan fingerprint density at radius 2 is 2.17 bits per heavy atom. The average molecular weight is 248 g/mol. The molecule has 0 saturated heterocycles. The highest BCUT2D eigenvalue weighted by molar-refractivity contribution is 6.03. The van der Waals surface area contributed by atoms with Crippen molar-refractivity contribution in [2.24, 2.45) is 0 Å². The molecule has 0 fully saturated rings. The molecule has 0 atom stereocenters. The van der Waals surface area contributed by atoms with Crippen LogP contribution in [-0.4, -0.2) is 20.7 Å². The van der Waals surface area contributed by atoms with E-state index < -0.39 is 11.9 Å². The summed E-state index contributed by atoms with van der Waals surface area (Å²) in [6, 6.07) is 4.66. The number of nitrogens with zero attached hydrogens (tertiary/aromatic N) is 3. The zero-order chi connectivity index (χ0) is 13.1. The Bertz CT molecular complexity index is 565. The van der Waals surface area contributed by atoms with Crippen LogP contribution in [0.15, 0.2) is 30.6 Å². The fourth-order valence-corrected chi connectivity index (χ4v) is 1.56. The van der Waals surface area contributed by atoms with Crippen molar-refractivity contribution >= 4 is 11.7 Å². The van der Waals surface area contributed by atoms with Crippen molar-refractivity contribution in [2.75, 3.05) is 5.32 Å². The van der Waals surface area contributed by atoms with Crippen molar-refractivity contribution in [2.45, 2.75) is 19.9 Å². The second-order valence-corrected chi connectivity index (χ2v) is 4.05. The number of carbonyl (C=O) groups excluding carboxylic acids is 1. The molecule has 0 saturated carbocycles. The van der Waals surface area contributed by atoms with Crippen molar-refractivity contribution in [3.05, 3.63) is 42.1 Å². The molecule has 2 aromatic rings. The lowest BCUT2D eigenvalue weighted by Crippen LogP contribution is -2.18. The van der Waals surface area contributed by atoms with Gasteiger partial charge in [0.1, 0.15) is 5.82 Å². The smallest absolute Gasteiger partial charge is 0.261 e. The molecular formula is C12H13FN4O. The molecule has 0 bridgehead atoms. The van der Waals surface area contributed by atoms with Crippen LogP contribution in [0, 0.1) is 5.95 Å². The van der Waals surface area contributed by atoms with Crippen LogP contribution in [0.3, 0.4) is 0 Å². The van der Waals surface area contributed by atoms with Gasteiger partial charge in [-0.05, 0) is 26.0 Å². The largest absolute Gasteiger partial charge is 0.307 e. The van der Waals surface area contributed by atoms with E-state index in [1.165, 1.54) is 18.3 Å². The minimum Gasteiger partial charge on any atom is -0.307 e. The summed E-state index contributed by atoms with van der Waals surface area (Å²) < 4.78 is 15.0. The van der Waals surface area contributed by atoms with E-state index in [1.54, 1.807) is 16.9 Å². The van der Waals surface area contributed by atoms with E-state index in [2.05, 4.69) is 15.4 Å². The van der Waals surface area contributed by atoms with Crippen LogP contribution in [0.25, 0.3) is 0 Å². The summed E-state index contributed by atoms with van der Waals surface area (Å²) in [4.78, 5) is 15.3. The Morgan fingerprint density at radius 3 is 2.83 bits per heavy atom. The molecule has 2 aromatic heterocycles. The van der Waals surface area contributed by atoms with Gasteiger partial charge in [0.2, 0.25) is 5.95 Å². The van der Waals surface area contributed by atoms with E-state index >= 15 is 0 Å². The fraction of sp³-hybridized carbons (Fsp3) is 0.250. The van der Waals surface area contributed by atoms with E-state index in [0.29, 0.717) is 5.82 Å². The standard InChI is InChI=1S/C12H13FN4O/c1-8(2)17-10(5-7-15-17)16-12(18)9-4-3-6-14-11(9)13/h3-8H,1-2H3,(H,16,18). The van der Waals surface area contributed by atoms with Gasteiger partial charge in [-0.3, -0.25) is 4.79 Å². The van der Waals surface area contributed by atoms with Gasteiger partial charge < -0.3 is 5.32 Å². The maximum atomic E-state index is 13.3. The number of halogens is 1. The van der Waals surface area contributed by atoms with E-state index in [1.807, 2.05) is 13.8 Å². The van der Waals surface area contributed by atoms with Crippen molar-refractivity contribution in [3.63, 3.8) is 0 Å². The number of nitrogens with one attached hydrogen (secondary N) is 1. The normalized spacial score (nSPS) is 10.7. The first kappa shape index (κ1) is 12.2. The molecule has 1 amide bonds. The van der Waals surface area contributed by atoms with Gasteiger partial charge in [0, 0.05) is 18.3 Å². The Hall–Kier alpha value is -2.24. The van der Waals surface area contributed by atoms with Crippen molar-refractivity contribution < 1.29 is 9.18 Å². The summed E-state index contributed by atoms with van der Waals surface area (Å²) in [5.74, 6) is -0.799. The molecule has 18 heavy (non-hydrogen) atoms. The van der Waals surface area contributed by atoms with Crippen molar-refractivity contribution in [1.29, 1.82) is 0 Å². The van der Waals surface area contributed by atoms with Crippen LogP contribution in [0.1, 0.15) is 30.2 Å². The van der Waals surface area contributed by atoms with E-state index in [4.69, 9.17) is 0 Å². The van der Waals surface area contributed by atoms with Gasteiger partial charge in [-0.15, -0.1) is 0 Å². The molecule has 0 aromatic carbocycles. The first-order valence-electron chi connectivity index (χ1n) is 5.55. The molecular weight excluding hydrogens is 235 g/mol. The Morgan fingerprint density at radius 1 is 1.39 bits per heavy atom. The van der Waals surface area contributed by atoms with Crippen LogP contribution in [0.5, 0.6) is 0 Å². The van der Waals surface area contributed by atoms with Gasteiger partial charge in [-0.1, -0.05) is 0 Å². The molecule has 0 spiro atoms. The van der Waals surface area contributed by atoms with Crippen LogP contribution < -0.4 is 5.32 Å². The highest BCUT2D eigenvalue weighted by atomic mass is 19.1. The Kier molecular flexibility index (Phi) is 3.36. The first-order valence-corrected chi connectivity index (χ1v) is 5.55. The first-order chi connectivity index (χ1) is 8.59. The zero-order valence-electron chi connectivity index (χ0n) is 10.1. The molecule has 94 valence electrons. The summed E-state index contributed by atoms with van der Waals surface area (Å²) in [7, 11) is 0. The molecule has 2 rings (SSSR count). The molecule has 0 aliphatic rings. The molecule has 0 unspecified atom stereocenters. The number of carbonyl (C=O) groups is 1. The number of anilines is 1. The summed E-state index contributed by atoms with van der Waals surface area (Å²) in [5, 5.41) is 6.69. The highest BCUT2D eigenvalue weighted by Crippen LogP contribution is 2.14. The van der Waals surface area contributed by atoms with Gasteiger partial charge in [0.05, 0.1) is 11.8 Å². The second kappa shape index (κ2) is 4.95. The third kappa shape index (κ3) is 2.37. The third-order valence-corrected chi connectivity index (χ3v) is 2.40. The van der Waals surface area contributed by atoms with Gasteiger partial charge in [0.15, 0.2) is 0 Å². The number of amides is 1. The monoisotopic (exact) mass is 248 g/mol. The third-order valence-electron chi connectivity index (χ3n) is 2.40. The lowest BCUT2D eigenvalue weighted by Gasteiger charge is -2.11. The number of aromatic nitrogens is 3. The average Bonchev–Trinajstić information content (AvgIpc) is 2.77. The van der Waals surface area contributed by atoms with Crippen molar-refractivity contribution in [3.8, 4) is 0 Å². The van der Waals surface area contributed by atoms with Crippen LogP contribution in [-0.2, 0) is 0 Å². The van der Waals surface area contributed by atoms with E-state index in [0.717, 1.165) is 0 Å². The quantitative estimate of drug-likeness (QED) is 0.847. The predicted molar refractivity (Wildman–Crippen MR) is 64.8 cm³/mol. The number of hydrogen-bond acceptors (Lipinski definition) is 3. The van der Waals surface area contributed by atoms with Crippen LogP contribution in [0.4, 0.5) is 10.2 Å². The molecule has 1 N–H and O–H groups in total. The molecule has 6 heteroatoms. The maximum absolute atomic E-state index is 13.3. The van der Waals surface area contributed by atoms with E-state index in [-0.39, 0.29) is 11.6 Å². The summed E-state index contributed by atoms with van der Waals surface area (Å²) in [5.41, 5.74) is -0.0889. The number of pyridine rings is 1. The van der Waals surface area contributed by atoms with Crippen molar-refractivity contribution in [1.82, 2.24) is 14.8 Å². The van der Waals surface area contributed by atoms with Gasteiger partial charge in [-0.25, -0.2) is 9.67 Å². The topological polar surface area (TPSA) is 59.8 Å². The predicted octanol–water partition coefficient (Wildman–Crippen LogP) is 2.25. The highest BCUT2D eigenvalue weighted by Gasteiger charge is 2.14. The van der Waals surface area contributed by atoms with Gasteiger partial charge in [-0.2, -0.15) is 9.49 Å². The SMILES string of the molecule is CC(C)n1nccc1NC(=O)c1cccnc1F. The molecule has 0 radical (unpaired) electrons. The van der Waals surface area contributed by atoms with Crippen LogP contribution >= 0.6 is 0 Å². The molecule has 5 nitrogen and oxygen atoms in total. The Labute approximate surface area is 104 Å². The van der Waals surface area contributed by atoms with E-state index in [9.17, 15) is 9.18 Å². The summed E-state index contributed by atoms with van der Waals surface area (Å²) >= 11 is 0. The molecule has 0 aliphatic carbocycles. The second-order valence-electron chi connectivity index (χ2n) is 4.05. The van der Waals surface area contributed by atoms with Crippen LogP contribution in [0.2, 0.25) is 0 Å².